The van der Waals surface area contributed by atoms with Gasteiger partial charge < -0.3 is 15.0 Å². The van der Waals surface area contributed by atoms with Crippen LogP contribution in [-0.2, 0) is 4.79 Å². The Hall–Kier alpha value is -2.49. The summed E-state index contributed by atoms with van der Waals surface area (Å²) in [7, 11) is 0. The van der Waals surface area contributed by atoms with Gasteiger partial charge in [0.05, 0.1) is 6.04 Å². The Bertz CT molecular complexity index is 847. The maximum Gasteiger partial charge on any atom is 0.261 e. The maximum atomic E-state index is 12.9. The lowest BCUT2D eigenvalue weighted by Gasteiger charge is -2.33. The third-order valence-electron chi connectivity index (χ3n) is 6.26. The Balaban J connectivity index is 1.61. The molecule has 0 radical (unpaired) electrons. The summed E-state index contributed by atoms with van der Waals surface area (Å²) < 4.78 is 6.06. The molecule has 4 nitrogen and oxygen atoms in total. The summed E-state index contributed by atoms with van der Waals surface area (Å²) in [4.78, 5) is 15.3. The Labute approximate surface area is 181 Å². The molecule has 0 aromatic heterocycles. The van der Waals surface area contributed by atoms with E-state index in [-0.39, 0.29) is 11.9 Å². The Kier molecular flexibility index (Phi) is 7.41. The predicted octanol–water partition coefficient (Wildman–Crippen LogP) is 5.57. The number of hydrogen-bond donors (Lipinski definition) is 1. The number of anilines is 1. The standard InChI is InChI=1S/C26H36N2O2/c1-6-24(30-25-11-7-10-19(3)20(25)4)26(29)27-21(5)22-12-14-23(15-13-22)28-16-8-9-18(2)17-28/h7,10-15,18,21,24H,6,8-9,16-17H2,1-5H3,(H,27,29). The summed E-state index contributed by atoms with van der Waals surface area (Å²) in [6, 6.07) is 14.5. The van der Waals surface area contributed by atoms with E-state index in [1.54, 1.807) is 0 Å². The molecule has 0 bridgehead atoms. The van der Waals surface area contributed by atoms with Crippen LogP contribution < -0.4 is 15.0 Å². The number of hydrogen-bond acceptors (Lipinski definition) is 3. The average Bonchev–Trinajstić information content (AvgIpc) is 2.74. The van der Waals surface area contributed by atoms with Crippen molar-refractivity contribution in [3.05, 3.63) is 59.2 Å². The minimum absolute atomic E-state index is 0.0666. The molecule has 3 unspecified atom stereocenters. The fourth-order valence-electron chi connectivity index (χ4n) is 4.11. The lowest BCUT2D eigenvalue weighted by molar-refractivity contribution is -0.128. The SMILES string of the molecule is CCC(Oc1cccc(C)c1C)C(=O)NC(C)c1ccc(N2CCCC(C)C2)cc1. The van der Waals surface area contributed by atoms with Crippen LogP contribution in [0.25, 0.3) is 0 Å². The molecule has 0 saturated carbocycles. The van der Waals surface area contributed by atoms with E-state index in [1.807, 2.05) is 32.9 Å². The van der Waals surface area contributed by atoms with Crippen molar-refractivity contribution in [2.24, 2.45) is 5.92 Å². The molecule has 2 aromatic carbocycles. The molecule has 1 saturated heterocycles. The second kappa shape index (κ2) is 10.0. The molecular weight excluding hydrogens is 372 g/mol. The molecule has 1 amide bonds. The lowest BCUT2D eigenvalue weighted by Crippen LogP contribution is -2.39. The average molecular weight is 409 g/mol. The molecule has 1 N–H and O–H groups in total. The van der Waals surface area contributed by atoms with E-state index in [0.29, 0.717) is 6.42 Å². The third-order valence-corrected chi connectivity index (χ3v) is 6.26. The monoisotopic (exact) mass is 408 g/mol. The van der Waals surface area contributed by atoms with Crippen LogP contribution in [0.2, 0.25) is 0 Å². The van der Waals surface area contributed by atoms with Gasteiger partial charge >= 0.3 is 0 Å². The molecule has 1 aliphatic rings. The van der Waals surface area contributed by atoms with Gasteiger partial charge in [-0.3, -0.25) is 4.79 Å². The number of carbonyl (C=O) groups excluding carboxylic acids is 1. The van der Waals surface area contributed by atoms with E-state index >= 15 is 0 Å². The Morgan fingerprint density at radius 3 is 2.60 bits per heavy atom. The highest BCUT2D eigenvalue weighted by molar-refractivity contribution is 5.81. The molecule has 4 heteroatoms. The number of amides is 1. The summed E-state index contributed by atoms with van der Waals surface area (Å²) >= 11 is 0. The van der Waals surface area contributed by atoms with Crippen LogP contribution in [0.1, 0.15) is 62.8 Å². The number of aryl methyl sites for hydroxylation is 1. The number of benzene rings is 2. The summed E-state index contributed by atoms with van der Waals surface area (Å²) in [6.45, 7) is 12.7. The normalized spacial score (nSPS) is 18.6. The van der Waals surface area contributed by atoms with Crippen LogP contribution in [0.15, 0.2) is 42.5 Å². The number of nitrogens with zero attached hydrogens (tertiary/aromatic N) is 1. The summed E-state index contributed by atoms with van der Waals surface area (Å²) in [5.41, 5.74) is 4.63. The lowest BCUT2D eigenvalue weighted by atomic mass is 9.99. The molecule has 162 valence electrons. The largest absolute Gasteiger partial charge is 0.480 e. The maximum absolute atomic E-state index is 12.9. The van der Waals surface area contributed by atoms with Crippen LogP contribution >= 0.6 is 0 Å². The molecular formula is C26H36N2O2. The van der Waals surface area contributed by atoms with Crippen molar-refractivity contribution < 1.29 is 9.53 Å². The van der Waals surface area contributed by atoms with Gasteiger partial charge in [-0.25, -0.2) is 0 Å². The number of rotatable bonds is 7. The molecule has 1 fully saturated rings. The molecule has 3 rings (SSSR count). The van der Waals surface area contributed by atoms with Gasteiger partial charge in [-0.15, -0.1) is 0 Å². The van der Waals surface area contributed by atoms with Gasteiger partial charge in [0.2, 0.25) is 0 Å². The highest BCUT2D eigenvalue weighted by Gasteiger charge is 2.22. The number of carbonyl (C=O) groups is 1. The van der Waals surface area contributed by atoms with Crippen molar-refractivity contribution >= 4 is 11.6 Å². The van der Waals surface area contributed by atoms with E-state index in [2.05, 4.69) is 54.4 Å². The predicted molar refractivity (Wildman–Crippen MR) is 124 cm³/mol. The van der Waals surface area contributed by atoms with Gasteiger partial charge in [-0.2, -0.15) is 0 Å². The van der Waals surface area contributed by atoms with Crippen LogP contribution in [-0.4, -0.2) is 25.1 Å². The first-order valence-corrected chi connectivity index (χ1v) is 11.3. The van der Waals surface area contributed by atoms with Crippen LogP contribution in [0.5, 0.6) is 5.75 Å². The fourth-order valence-corrected chi connectivity index (χ4v) is 4.11. The summed E-state index contributed by atoms with van der Waals surface area (Å²) in [5.74, 6) is 1.46. The van der Waals surface area contributed by atoms with E-state index in [0.717, 1.165) is 35.9 Å². The summed E-state index contributed by atoms with van der Waals surface area (Å²) in [5, 5.41) is 3.13. The van der Waals surface area contributed by atoms with Gasteiger partial charge in [-0.1, -0.05) is 38.1 Å². The number of ether oxygens (including phenoxy) is 1. The van der Waals surface area contributed by atoms with Gasteiger partial charge in [0.1, 0.15) is 5.75 Å². The first kappa shape index (κ1) is 22.2. The van der Waals surface area contributed by atoms with E-state index < -0.39 is 6.10 Å². The van der Waals surface area contributed by atoms with Gasteiger partial charge in [0.15, 0.2) is 6.10 Å². The number of piperidine rings is 1. The summed E-state index contributed by atoms with van der Waals surface area (Å²) in [6.07, 6.45) is 2.70. The molecule has 0 aliphatic carbocycles. The minimum Gasteiger partial charge on any atom is -0.480 e. The molecule has 3 atom stereocenters. The van der Waals surface area contributed by atoms with Crippen LogP contribution in [0.4, 0.5) is 5.69 Å². The van der Waals surface area contributed by atoms with Crippen LogP contribution in [0, 0.1) is 19.8 Å². The van der Waals surface area contributed by atoms with Gasteiger partial charge in [0.25, 0.3) is 5.91 Å². The van der Waals surface area contributed by atoms with E-state index in [1.165, 1.54) is 24.1 Å². The highest BCUT2D eigenvalue weighted by atomic mass is 16.5. The highest BCUT2D eigenvalue weighted by Crippen LogP contribution is 2.25. The van der Waals surface area contributed by atoms with Crippen molar-refractivity contribution in [2.75, 3.05) is 18.0 Å². The third kappa shape index (κ3) is 5.35. The van der Waals surface area contributed by atoms with Crippen molar-refractivity contribution in [1.82, 2.24) is 5.32 Å². The zero-order valence-electron chi connectivity index (χ0n) is 19.1. The molecule has 1 aliphatic heterocycles. The van der Waals surface area contributed by atoms with Gasteiger partial charge in [-0.05, 0) is 80.8 Å². The molecule has 2 aromatic rings. The molecule has 1 heterocycles. The molecule has 0 spiro atoms. The smallest absolute Gasteiger partial charge is 0.261 e. The topological polar surface area (TPSA) is 41.6 Å². The van der Waals surface area contributed by atoms with Crippen molar-refractivity contribution in [2.45, 2.75) is 66.0 Å². The second-order valence-corrected chi connectivity index (χ2v) is 8.73. The van der Waals surface area contributed by atoms with Crippen LogP contribution in [0.3, 0.4) is 0 Å². The van der Waals surface area contributed by atoms with E-state index in [9.17, 15) is 4.79 Å². The minimum atomic E-state index is -0.498. The second-order valence-electron chi connectivity index (χ2n) is 8.73. The Morgan fingerprint density at radius 2 is 1.93 bits per heavy atom. The first-order chi connectivity index (χ1) is 14.4. The first-order valence-electron chi connectivity index (χ1n) is 11.3. The van der Waals surface area contributed by atoms with Gasteiger partial charge in [0, 0.05) is 18.8 Å². The Morgan fingerprint density at radius 1 is 1.20 bits per heavy atom. The molecule has 30 heavy (non-hydrogen) atoms. The van der Waals surface area contributed by atoms with Crippen molar-refractivity contribution in [3.8, 4) is 5.75 Å². The van der Waals surface area contributed by atoms with Crippen molar-refractivity contribution in [3.63, 3.8) is 0 Å². The zero-order valence-corrected chi connectivity index (χ0v) is 19.1. The zero-order chi connectivity index (χ0) is 21.7. The number of nitrogens with one attached hydrogen (secondary N) is 1. The quantitative estimate of drug-likeness (QED) is 0.651. The van der Waals surface area contributed by atoms with E-state index in [4.69, 9.17) is 4.74 Å². The van der Waals surface area contributed by atoms with Crippen molar-refractivity contribution in [1.29, 1.82) is 0 Å². The fraction of sp³-hybridized carbons (Fsp3) is 0.500.